The first kappa shape index (κ1) is 26.6. The second-order valence-corrected chi connectivity index (χ2v) is 9.41. The van der Waals surface area contributed by atoms with E-state index in [0.29, 0.717) is 45.7 Å². The summed E-state index contributed by atoms with van der Waals surface area (Å²) in [4.78, 5) is 4.23. The number of alkyl halides is 3. The van der Waals surface area contributed by atoms with E-state index >= 15 is 0 Å². The van der Waals surface area contributed by atoms with Crippen LogP contribution in [0.25, 0.3) is 0 Å². The molecule has 0 atom stereocenters. The number of halogens is 5. The molecule has 1 aliphatic rings. The minimum Gasteiger partial charge on any atom is -0.497 e. The maximum absolute atomic E-state index is 13.7. The van der Waals surface area contributed by atoms with Gasteiger partial charge in [0.05, 0.1) is 20.0 Å². The van der Waals surface area contributed by atoms with Crippen LogP contribution in [0, 0.1) is 4.77 Å². The predicted molar refractivity (Wildman–Crippen MR) is 135 cm³/mol. The van der Waals surface area contributed by atoms with Crippen molar-refractivity contribution in [3.05, 3.63) is 74.2 Å². The number of methoxy groups -OCH3 is 1. The summed E-state index contributed by atoms with van der Waals surface area (Å²) < 4.78 is 47.8. The molecule has 192 valence electrons. The Bertz CT molecular complexity index is 1280. The van der Waals surface area contributed by atoms with Gasteiger partial charge in [0.2, 0.25) is 4.77 Å². The summed E-state index contributed by atoms with van der Waals surface area (Å²) in [6.07, 6.45) is -3.41. The van der Waals surface area contributed by atoms with E-state index in [0.717, 1.165) is 23.3 Å². The highest BCUT2D eigenvalue weighted by Crippen LogP contribution is 2.28. The van der Waals surface area contributed by atoms with E-state index in [4.69, 9.17) is 40.2 Å². The minimum atomic E-state index is -4.72. The Morgan fingerprint density at radius 2 is 1.72 bits per heavy atom. The van der Waals surface area contributed by atoms with Crippen LogP contribution in [-0.4, -0.2) is 63.8 Å². The largest absolute Gasteiger partial charge is 0.497 e. The Labute approximate surface area is 221 Å². The van der Waals surface area contributed by atoms with Crippen LogP contribution in [0.3, 0.4) is 0 Å². The van der Waals surface area contributed by atoms with E-state index < -0.39 is 12.0 Å². The maximum Gasteiger partial charge on any atom is 0.453 e. The summed E-state index contributed by atoms with van der Waals surface area (Å²) >= 11 is 17.6. The van der Waals surface area contributed by atoms with Gasteiger partial charge < -0.3 is 4.74 Å². The zero-order valence-electron chi connectivity index (χ0n) is 19.3. The molecule has 1 aliphatic heterocycles. The number of hydrogen-bond donors (Lipinski definition) is 0. The van der Waals surface area contributed by atoms with E-state index in [1.807, 2.05) is 11.0 Å². The van der Waals surface area contributed by atoms with Crippen LogP contribution >= 0.6 is 35.4 Å². The Morgan fingerprint density at radius 1 is 1.06 bits per heavy atom. The van der Waals surface area contributed by atoms with Crippen LogP contribution in [0.15, 0.2) is 47.6 Å². The normalized spacial score (nSPS) is 15.6. The number of aromatic nitrogens is 3. The number of piperazine rings is 1. The van der Waals surface area contributed by atoms with Crippen LogP contribution < -0.4 is 4.74 Å². The van der Waals surface area contributed by atoms with Crippen molar-refractivity contribution >= 4 is 41.6 Å². The first-order valence-electron chi connectivity index (χ1n) is 11.0. The average molecular weight is 559 g/mol. The molecule has 0 spiro atoms. The molecule has 0 N–H and O–H groups in total. The highest BCUT2D eigenvalue weighted by atomic mass is 35.5. The second-order valence-electron chi connectivity index (χ2n) is 8.20. The number of nitrogens with zero attached hydrogens (tertiary/aromatic N) is 6. The molecule has 7 nitrogen and oxygen atoms in total. The third-order valence-corrected chi connectivity index (χ3v) is 6.69. The molecule has 0 saturated carbocycles. The SMILES string of the molecule is COc1ccc(/C=N/n2c(C(F)(F)F)nn(CN3CCN(Cc4ccc(Cl)cc4Cl)CC3)c2=S)cc1. The number of benzene rings is 2. The topological polar surface area (TPSA) is 50.8 Å². The van der Waals surface area contributed by atoms with Crippen LogP contribution in [-0.2, 0) is 19.4 Å². The molecule has 0 radical (unpaired) electrons. The molecule has 0 unspecified atom stereocenters. The molecule has 1 fully saturated rings. The number of hydrogen-bond acceptors (Lipinski definition) is 6. The number of rotatable bonds is 7. The average Bonchev–Trinajstić information content (AvgIpc) is 3.16. The quantitative estimate of drug-likeness (QED) is 0.287. The molecule has 2 heterocycles. The highest BCUT2D eigenvalue weighted by Gasteiger charge is 2.39. The van der Waals surface area contributed by atoms with Gasteiger partial charge in [-0.05, 0) is 59.7 Å². The Kier molecular flexibility index (Phi) is 8.36. The van der Waals surface area contributed by atoms with E-state index in [-0.39, 0.29) is 11.4 Å². The fourth-order valence-electron chi connectivity index (χ4n) is 3.76. The lowest BCUT2D eigenvalue weighted by atomic mass is 10.2. The first-order chi connectivity index (χ1) is 17.1. The zero-order chi connectivity index (χ0) is 25.9. The minimum absolute atomic E-state index is 0.127. The number of ether oxygens (including phenoxy) is 1. The lowest BCUT2D eigenvalue weighted by molar-refractivity contribution is -0.147. The fraction of sp³-hybridized carbons (Fsp3) is 0.348. The summed E-state index contributed by atoms with van der Waals surface area (Å²) in [6.45, 7) is 3.49. The van der Waals surface area contributed by atoms with Gasteiger partial charge in [0, 0.05) is 42.8 Å². The van der Waals surface area contributed by atoms with Crippen molar-refractivity contribution in [3.8, 4) is 5.75 Å². The molecule has 1 saturated heterocycles. The molecule has 2 aromatic carbocycles. The smallest absolute Gasteiger partial charge is 0.453 e. The van der Waals surface area contributed by atoms with Crippen molar-refractivity contribution < 1.29 is 17.9 Å². The molecule has 1 aromatic heterocycles. The third kappa shape index (κ3) is 6.46. The summed E-state index contributed by atoms with van der Waals surface area (Å²) in [6, 6.07) is 12.1. The molecule has 4 rings (SSSR count). The van der Waals surface area contributed by atoms with E-state index in [2.05, 4.69) is 15.1 Å². The van der Waals surface area contributed by atoms with Gasteiger partial charge in [-0.2, -0.15) is 22.9 Å². The molecule has 3 aromatic rings. The van der Waals surface area contributed by atoms with Gasteiger partial charge >= 0.3 is 6.18 Å². The van der Waals surface area contributed by atoms with Gasteiger partial charge in [0.25, 0.3) is 5.82 Å². The lowest BCUT2D eigenvalue weighted by Gasteiger charge is -2.34. The van der Waals surface area contributed by atoms with Crippen LogP contribution in [0.5, 0.6) is 5.75 Å². The van der Waals surface area contributed by atoms with Crippen LogP contribution in [0.1, 0.15) is 17.0 Å². The summed E-state index contributed by atoms with van der Waals surface area (Å²) in [5.74, 6) is -0.544. The van der Waals surface area contributed by atoms with Gasteiger partial charge in [-0.3, -0.25) is 9.80 Å². The summed E-state index contributed by atoms with van der Waals surface area (Å²) in [7, 11) is 1.53. The highest BCUT2D eigenvalue weighted by molar-refractivity contribution is 7.71. The monoisotopic (exact) mass is 558 g/mol. The van der Waals surface area contributed by atoms with Crippen molar-refractivity contribution in [1.82, 2.24) is 24.3 Å². The molecule has 13 heteroatoms. The van der Waals surface area contributed by atoms with Crippen LogP contribution in [0.2, 0.25) is 10.0 Å². The van der Waals surface area contributed by atoms with E-state index in [1.54, 1.807) is 36.4 Å². The van der Waals surface area contributed by atoms with Gasteiger partial charge in [-0.15, -0.1) is 5.10 Å². The Hall–Kier alpha value is -2.44. The third-order valence-electron chi connectivity index (χ3n) is 5.72. The zero-order valence-corrected chi connectivity index (χ0v) is 21.6. The summed E-state index contributed by atoms with van der Waals surface area (Å²) in [5, 5.41) is 8.92. The van der Waals surface area contributed by atoms with Crippen molar-refractivity contribution in [1.29, 1.82) is 0 Å². The van der Waals surface area contributed by atoms with Crippen LogP contribution in [0.4, 0.5) is 13.2 Å². The standard InChI is InChI=1S/C23H23Cl2F3N6OS/c1-35-19-6-2-16(3-7-19)13-29-34-21(23(26,27)28)30-33(22(34)36)15-32-10-8-31(9-11-32)14-17-4-5-18(24)12-20(17)25/h2-7,12-13H,8-11,14-15H2,1H3/b29-13+. The van der Waals surface area contributed by atoms with Gasteiger partial charge in [-0.25, -0.2) is 4.68 Å². The Balaban J connectivity index is 1.44. The van der Waals surface area contributed by atoms with Gasteiger partial charge in [-0.1, -0.05) is 29.3 Å². The molecule has 0 aliphatic carbocycles. The molecule has 0 bridgehead atoms. The Morgan fingerprint density at radius 3 is 2.33 bits per heavy atom. The summed E-state index contributed by atoms with van der Waals surface area (Å²) in [5.41, 5.74) is 1.57. The van der Waals surface area contributed by atoms with E-state index in [1.165, 1.54) is 13.3 Å². The molecular weight excluding hydrogens is 536 g/mol. The molecule has 36 heavy (non-hydrogen) atoms. The molecule has 0 amide bonds. The van der Waals surface area contributed by atoms with E-state index in [9.17, 15) is 13.2 Å². The molecular formula is C23H23Cl2F3N6OS. The lowest BCUT2D eigenvalue weighted by Crippen LogP contribution is -2.46. The van der Waals surface area contributed by atoms with Crippen molar-refractivity contribution in [2.75, 3.05) is 33.3 Å². The van der Waals surface area contributed by atoms with Crippen molar-refractivity contribution in [2.24, 2.45) is 5.10 Å². The van der Waals surface area contributed by atoms with Gasteiger partial charge in [0.15, 0.2) is 0 Å². The first-order valence-corrected chi connectivity index (χ1v) is 12.1. The fourth-order valence-corrected chi connectivity index (χ4v) is 4.46. The van der Waals surface area contributed by atoms with Crippen molar-refractivity contribution in [2.45, 2.75) is 19.4 Å². The van der Waals surface area contributed by atoms with Crippen molar-refractivity contribution in [3.63, 3.8) is 0 Å². The second kappa shape index (κ2) is 11.3. The van der Waals surface area contributed by atoms with Gasteiger partial charge in [0.1, 0.15) is 5.75 Å². The maximum atomic E-state index is 13.7. The predicted octanol–water partition coefficient (Wildman–Crippen LogP) is 5.41.